The lowest BCUT2D eigenvalue weighted by Gasteiger charge is -2.31. The predicted octanol–water partition coefficient (Wildman–Crippen LogP) is 3.01. The standard InChI is InChI=1S/C22H25N3OS2/c1-17-6-8-18(9-7-17)27-15-10-22(26)25-13-11-24(12-14-25)16-21-23-19-4-2-3-5-20(19)28-21/h2-9H,10-16H2,1H3/p+1. The van der Waals surface area contributed by atoms with Crippen molar-refractivity contribution < 1.29 is 9.69 Å². The molecule has 0 aliphatic carbocycles. The average Bonchev–Trinajstić information content (AvgIpc) is 3.12. The van der Waals surface area contributed by atoms with Gasteiger partial charge in [0, 0.05) is 17.1 Å². The van der Waals surface area contributed by atoms with Crippen LogP contribution in [-0.2, 0) is 11.3 Å². The Balaban J connectivity index is 1.21. The van der Waals surface area contributed by atoms with Gasteiger partial charge in [-0.15, -0.1) is 23.1 Å². The number of hydrogen-bond acceptors (Lipinski definition) is 4. The number of amides is 1. The number of piperazine rings is 1. The van der Waals surface area contributed by atoms with Gasteiger partial charge >= 0.3 is 0 Å². The molecule has 2 heterocycles. The van der Waals surface area contributed by atoms with E-state index in [1.807, 2.05) is 11.0 Å². The molecule has 6 heteroatoms. The molecule has 0 spiro atoms. The molecule has 0 radical (unpaired) electrons. The minimum Gasteiger partial charge on any atom is -0.331 e. The van der Waals surface area contributed by atoms with Crippen molar-refractivity contribution in [2.75, 3.05) is 31.9 Å². The van der Waals surface area contributed by atoms with E-state index in [0.717, 1.165) is 44.0 Å². The Morgan fingerprint density at radius 3 is 2.64 bits per heavy atom. The number of para-hydroxylation sites is 1. The first kappa shape index (κ1) is 19.4. The summed E-state index contributed by atoms with van der Waals surface area (Å²) in [6, 6.07) is 16.8. The summed E-state index contributed by atoms with van der Waals surface area (Å²) in [6.07, 6.45) is 0.617. The van der Waals surface area contributed by atoms with Gasteiger partial charge in [0.15, 0.2) is 0 Å². The van der Waals surface area contributed by atoms with Gasteiger partial charge in [-0.2, -0.15) is 0 Å². The van der Waals surface area contributed by atoms with Crippen molar-refractivity contribution in [1.29, 1.82) is 0 Å². The lowest BCUT2D eigenvalue weighted by molar-refractivity contribution is -0.917. The molecule has 0 saturated carbocycles. The molecule has 0 atom stereocenters. The van der Waals surface area contributed by atoms with E-state index in [2.05, 4.69) is 49.4 Å². The zero-order valence-corrected chi connectivity index (χ0v) is 17.8. The van der Waals surface area contributed by atoms with Gasteiger partial charge in [0.1, 0.15) is 11.6 Å². The molecule has 1 fully saturated rings. The first-order valence-corrected chi connectivity index (χ1v) is 11.6. The molecule has 146 valence electrons. The van der Waals surface area contributed by atoms with Gasteiger partial charge in [0.25, 0.3) is 0 Å². The minimum atomic E-state index is 0.290. The highest BCUT2D eigenvalue weighted by Gasteiger charge is 2.24. The molecule has 1 aromatic heterocycles. The van der Waals surface area contributed by atoms with Crippen LogP contribution in [0.25, 0.3) is 10.2 Å². The second-order valence-corrected chi connectivity index (χ2v) is 9.58. The lowest BCUT2D eigenvalue weighted by Crippen LogP contribution is -3.13. The summed E-state index contributed by atoms with van der Waals surface area (Å²) >= 11 is 3.56. The van der Waals surface area contributed by atoms with E-state index in [-0.39, 0.29) is 0 Å². The summed E-state index contributed by atoms with van der Waals surface area (Å²) in [6.45, 7) is 6.78. The fourth-order valence-electron chi connectivity index (χ4n) is 3.51. The first-order valence-electron chi connectivity index (χ1n) is 9.82. The number of hydrogen-bond donors (Lipinski definition) is 1. The molecule has 1 N–H and O–H groups in total. The highest BCUT2D eigenvalue weighted by Crippen LogP contribution is 2.21. The van der Waals surface area contributed by atoms with Crippen LogP contribution in [0.3, 0.4) is 0 Å². The van der Waals surface area contributed by atoms with Crippen molar-refractivity contribution in [3.05, 3.63) is 59.1 Å². The van der Waals surface area contributed by atoms with Crippen molar-refractivity contribution in [1.82, 2.24) is 9.88 Å². The number of carbonyl (C=O) groups is 1. The van der Waals surface area contributed by atoms with Crippen LogP contribution in [-0.4, -0.2) is 47.7 Å². The van der Waals surface area contributed by atoms with Crippen LogP contribution >= 0.6 is 23.1 Å². The zero-order chi connectivity index (χ0) is 19.3. The number of nitrogens with zero attached hydrogens (tertiary/aromatic N) is 2. The molecule has 4 nitrogen and oxygen atoms in total. The van der Waals surface area contributed by atoms with Gasteiger partial charge in [0.05, 0.1) is 36.4 Å². The first-order chi connectivity index (χ1) is 13.7. The summed E-state index contributed by atoms with van der Waals surface area (Å²) in [5, 5.41) is 1.20. The normalized spacial score (nSPS) is 15.2. The number of quaternary nitrogens is 1. The number of benzene rings is 2. The molecule has 4 rings (SSSR count). The van der Waals surface area contributed by atoms with Crippen molar-refractivity contribution in [3.8, 4) is 0 Å². The monoisotopic (exact) mass is 412 g/mol. The predicted molar refractivity (Wildman–Crippen MR) is 117 cm³/mol. The molecule has 0 unspecified atom stereocenters. The Morgan fingerprint density at radius 2 is 1.89 bits per heavy atom. The lowest BCUT2D eigenvalue weighted by atomic mass is 10.2. The summed E-state index contributed by atoms with van der Waals surface area (Å²) in [5.41, 5.74) is 2.37. The molecular weight excluding hydrogens is 386 g/mol. The summed E-state index contributed by atoms with van der Waals surface area (Å²) in [7, 11) is 0. The van der Waals surface area contributed by atoms with Crippen molar-refractivity contribution in [3.63, 3.8) is 0 Å². The number of aromatic nitrogens is 1. The molecular formula is C22H26N3OS2+. The van der Waals surface area contributed by atoms with Gasteiger partial charge in [-0.05, 0) is 31.2 Å². The van der Waals surface area contributed by atoms with E-state index in [0.29, 0.717) is 12.3 Å². The minimum absolute atomic E-state index is 0.290. The van der Waals surface area contributed by atoms with Crippen molar-refractivity contribution in [2.24, 2.45) is 0 Å². The maximum Gasteiger partial charge on any atom is 0.223 e. The van der Waals surface area contributed by atoms with E-state index in [1.54, 1.807) is 23.1 Å². The fourth-order valence-corrected chi connectivity index (χ4v) is 5.39. The van der Waals surface area contributed by atoms with E-state index in [1.165, 1.54) is 25.1 Å². The second kappa shape index (κ2) is 9.07. The number of thiazole rings is 1. The molecule has 1 aliphatic heterocycles. The van der Waals surface area contributed by atoms with Gasteiger partial charge in [-0.25, -0.2) is 4.98 Å². The number of fused-ring (bicyclic) bond motifs is 1. The summed E-state index contributed by atoms with van der Waals surface area (Å²) in [4.78, 5) is 22.1. The van der Waals surface area contributed by atoms with E-state index >= 15 is 0 Å². The number of aryl methyl sites for hydroxylation is 1. The molecule has 28 heavy (non-hydrogen) atoms. The Bertz CT molecular complexity index is 897. The van der Waals surface area contributed by atoms with Crippen LogP contribution in [0.1, 0.15) is 17.0 Å². The van der Waals surface area contributed by atoms with Crippen LogP contribution in [0.15, 0.2) is 53.4 Å². The Morgan fingerprint density at radius 1 is 1.14 bits per heavy atom. The zero-order valence-electron chi connectivity index (χ0n) is 16.2. The maximum atomic E-state index is 12.5. The van der Waals surface area contributed by atoms with Gasteiger partial charge < -0.3 is 9.80 Å². The van der Waals surface area contributed by atoms with Gasteiger partial charge in [-0.3, -0.25) is 4.79 Å². The summed E-state index contributed by atoms with van der Waals surface area (Å²) in [5.74, 6) is 1.14. The van der Waals surface area contributed by atoms with Crippen LogP contribution in [0.4, 0.5) is 0 Å². The summed E-state index contributed by atoms with van der Waals surface area (Å²) < 4.78 is 1.26. The maximum absolute atomic E-state index is 12.5. The SMILES string of the molecule is Cc1ccc(SCCC(=O)N2CC[NH+](Cc3nc4ccccc4s3)CC2)cc1. The van der Waals surface area contributed by atoms with Crippen molar-refractivity contribution >= 4 is 39.2 Å². The quantitative estimate of drug-likeness (QED) is 0.633. The third-order valence-electron chi connectivity index (χ3n) is 5.17. The van der Waals surface area contributed by atoms with Crippen LogP contribution in [0.2, 0.25) is 0 Å². The Hall–Kier alpha value is -1.89. The van der Waals surface area contributed by atoms with Gasteiger partial charge in [-0.1, -0.05) is 29.8 Å². The molecule has 1 amide bonds. The van der Waals surface area contributed by atoms with E-state index in [4.69, 9.17) is 4.98 Å². The second-order valence-electron chi connectivity index (χ2n) is 7.29. The third-order valence-corrected chi connectivity index (χ3v) is 7.22. The Kier molecular flexibility index (Phi) is 6.29. The highest BCUT2D eigenvalue weighted by atomic mass is 32.2. The van der Waals surface area contributed by atoms with Crippen LogP contribution < -0.4 is 4.90 Å². The number of thioether (sulfide) groups is 1. The topological polar surface area (TPSA) is 37.6 Å². The Labute approximate surface area is 174 Å². The largest absolute Gasteiger partial charge is 0.331 e. The number of nitrogens with one attached hydrogen (secondary N) is 1. The molecule has 3 aromatic rings. The van der Waals surface area contributed by atoms with Crippen LogP contribution in [0.5, 0.6) is 0 Å². The highest BCUT2D eigenvalue weighted by molar-refractivity contribution is 7.99. The van der Waals surface area contributed by atoms with Gasteiger partial charge in [0.2, 0.25) is 5.91 Å². The fraction of sp³-hybridized carbons (Fsp3) is 0.364. The van der Waals surface area contributed by atoms with Crippen LogP contribution in [0, 0.1) is 6.92 Å². The van der Waals surface area contributed by atoms with E-state index in [9.17, 15) is 4.79 Å². The molecule has 2 aromatic carbocycles. The smallest absolute Gasteiger partial charge is 0.223 e. The molecule has 0 bridgehead atoms. The third kappa shape index (κ3) is 4.93. The molecule has 1 aliphatic rings. The number of rotatable bonds is 6. The number of carbonyl (C=O) groups excluding carboxylic acids is 1. The molecule has 1 saturated heterocycles. The van der Waals surface area contributed by atoms with E-state index < -0.39 is 0 Å². The average molecular weight is 413 g/mol. The van der Waals surface area contributed by atoms with Crippen molar-refractivity contribution in [2.45, 2.75) is 24.8 Å².